The standard InChI is InChI=1S/C29H28N8O10.H3N/c1-16(38)29(11-2-12-30-24(41)19-7-3-17(4-8-19)22-31-27(44)46-34-22)26(43)36(15-21(39)40)13-14-37(29)33-25(42)20-9-5-18(6-10-20)23-32-28(45)47-35-23;/h3-10H,2,11-15H2,1H3,(H,30,41)(H,33,42)(H,39,40)(H,31,34,44)(H,32,35,45);1H3/t29-;/m0./s1. The van der Waals surface area contributed by atoms with E-state index in [9.17, 15) is 38.7 Å². The molecule has 0 unspecified atom stereocenters. The molecule has 2 aromatic heterocycles. The Balaban J connectivity index is 0.00000520. The van der Waals surface area contributed by atoms with E-state index in [0.29, 0.717) is 11.1 Å². The molecule has 19 heteroatoms. The van der Waals surface area contributed by atoms with Gasteiger partial charge in [0.15, 0.2) is 23.0 Å². The minimum absolute atomic E-state index is 0. The molecule has 8 N–H and O–H groups in total. The van der Waals surface area contributed by atoms with Gasteiger partial charge in [-0.2, -0.15) is 25.3 Å². The highest BCUT2D eigenvalue weighted by atomic mass is 16.5. The number of nitrogens with one attached hydrogen (secondary N) is 4. The molecular weight excluding hydrogens is 634 g/mol. The monoisotopic (exact) mass is 665 g/mol. The second-order valence-electron chi connectivity index (χ2n) is 10.5. The van der Waals surface area contributed by atoms with Gasteiger partial charge in [0.2, 0.25) is 0 Å². The predicted octanol–water partition coefficient (Wildman–Crippen LogP) is -0.0532. The molecule has 1 atom stereocenters. The molecule has 4 aromatic rings. The number of ketones is 1. The lowest BCUT2D eigenvalue weighted by molar-refractivity contribution is -0.165. The number of hydrogen-bond acceptors (Lipinski definition) is 13. The van der Waals surface area contributed by atoms with Crippen LogP contribution in [0, 0.1) is 0 Å². The number of nitrogens with zero attached hydrogens (tertiary/aromatic N) is 4. The topological polar surface area (TPSA) is 289 Å². The van der Waals surface area contributed by atoms with Crippen LogP contribution >= 0.6 is 0 Å². The van der Waals surface area contributed by atoms with Gasteiger partial charge in [0.1, 0.15) is 6.54 Å². The van der Waals surface area contributed by atoms with E-state index in [1.807, 2.05) is 0 Å². The minimum Gasteiger partial charge on any atom is -0.480 e. The van der Waals surface area contributed by atoms with Gasteiger partial charge in [0.25, 0.3) is 17.7 Å². The molecule has 252 valence electrons. The van der Waals surface area contributed by atoms with Crippen LogP contribution in [0.2, 0.25) is 0 Å². The zero-order valence-corrected chi connectivity index (χ0v) is 25.5. The molecule has 3 amide bonds. The van der Waals surface area contributed by atoms with E-state index in [4.69, 9.17) is 0 Å². The number of H-pyrrole nitrogens is 2. The lowest BCUT2D eigenvalue weighted by atomic mass is 9.84. The van der Waals surface area contributed by atoms with Gasteiger partial charge in [-0.3, -0.25) is 29.4 Å². The number of hydrazine groups is 1. The molecule has 0 bridgehead atoms. The predicted molar refractivity (Wildman–Crippen MR) is 164 cm³/mol. The number of Topliss-reactive ketones (excluding diaryl/α,β-unsaturated/α-hetero) is 1. The summed E-state index contributed by atoms with van der Waals surface area (Å²) in [6.45, 7) is 0.436. The van der Waals surface area contributed by atoms with E-state index in [2.05, 4.69) is 40.1 Å². The number of carbonyl (C=O) groups excluding carboxylic acids is 4. The summed E-state index contributed by atoms with van der Waals surface area (Å²) in [5, 5.41) is 18.0. The highest BCUT2D eigenvalue weighted by Gasteiger charge is 2.53. The number of aromatic nitrogens is 4. The molecule has 3 heterocycles. The molecule has 48 heavy (non-hydrogen) atoms. The van der Waals surface area contributed by atoms with Gasteiger partial charge in [-0.25, -0.2) is 9.59 Å². The second kappa shape index (κ2) is 14.5. The Hall–Kier alpha value is -6.21. The average molecular weight is 666 g/mol. The summed E-state index contributed by atoms with van der Waals surface area (Å²) in [5.74, 6) is -5.04. The number of amides is 3. The summed E-state index contributed by atoms with van der Waals surface area (Å²) >= 11 is 0. The Kier molecular flexibility index (Phi) is 10.5. The van der Waals surface area contributed by atoms with Gasteiger partial charge >= 0.3 is 17.5 Å². The molecule has 5 rings (SSSR count). The van der Waals surface area contributed by atoms with Crippen molar-refractivity contribution in [3.8, 4) is 22.8 Å². The first kappa shape index (κ1) is 34.7. The van der Waals surface area contributed by atoms with E-state index >= 15 is 0 Å². The second-order valence-corrected chi connectivity index (χ2v) is 10.5. The molecule has 1 fully saturated rings. The van der Waals surface area contributed by atoms with Crippen molar-refractivity contribution in [2.45, 2.75) is 25.3 Å². The molecule has 19 nitrogen and oxygen atoms in total. The largest absolute Gasteiger partial charge is 0.480 e. The number of rotatable bonds is 12. The van der Waals surface area contributed by atoms with Crippen molar-refractivity contribution in [2.75, 3.05) is 26.2 Å². The van der Waals surface area contributed by atoms with Crippen molar-refractivity contribution in [3.63, 3.8) is 0 Å². The van der Waals surface area contributed by atoms with Gasteiger partial charge < -0.3 is 30.5 Å². The van der Waals surface area contributed by atoms with Crippen molar-refractivity contribution in [2.24, 2.45) is 0 Å². The van der Waals surface area contributed by atoms with Gasteiger partial charge in [-0.1, -0.05) is 24.3 Å². The van der Waals surface area contributed by atoms with Crippen LogP contribution in [0.5, 0.6) is 0 Å². The van der Waals surface area contributed by atoms with Gasteiger partial charge in [0, 0.05) is 41.9 Å². The fourth-order valence-corrected chi connectivity index (χ4v) is 5.21. The maximum absolute atomic E-state index is 13.7. The van der Waals surface area contributed by atoms with Crippen LogP contribution in [0.1, 0.15) is 40.5 Å². The van der Waals surface area contributed by atoms with Crippen molar-refractivity contribution in [1.82, 2.24) is 47.1 Å². The number of carboxylic acids is 1. The first-order chi connectivity index (χ1) is 22.5. The van der Waals surface area contributed by atoms with Crippen LogP contribution in [0.3, 0.4) is 0 Å². The fourth-order valence-electron chi connectivity index (χ4n) is 5.21. The van der Waals surface area contributed by atoms with Crippen LogP contribution in [0.25, 0.3) is 22.8 Å². The summed E-state index contributed by atoms with van der Waals surface area (Å²) in [6, 6.07) is 12.1. The summed E-state index contributed by atoms with van der Waals surface area (Å²) in [6.07, 6.45) is -0.0536. The number of carboxylic acid groups (broad SMARTS) is 1. The molecule has 1 saturated heterocycles. The maximum atomic E-state index is 13.7. The Morgan fingerprint density at radius 2 is 1.38 bits per heavy atom. The summed E-state index contributed by atoms with van der Waals surface area (Å²) in [7, 11) is 0. The molecule has 1 aliphatic heterocycles. The molecule has 0 radical (unpaired) electrons. The third-order valence-corrected chi connectivity index (χ3v) is 7.56. The highest BCUT2D eigenvalue weighted by molar-refractivity contribution is 6.11. The van der Waals surface area contributed by atoms with E-state index in [1.165, 1.54) is 48.3 Å². The van der Waals surface area contributed by atoms with Gasteiger partial charge in [0.05, 0.1) is 0 Å². The first-order valence-corrected chi connectivity index (χ1v) is 14.2. The van der Waals surface area contributed by atoms with Crippen LogP contribution < -0.4 is 28.4 Å². The van der Waals surface area contributed by atoms with Crippen molar-refractivity contribution in [1.29, 1.82) is 0 Å². The molecular formula is C29H31N9O10. The Morgan fingerprint density at radius 3 is 1.83 bits per heavy atom. The van der Waals surface area contributed by atoms with E-state index in [-0.39, 0.29) is 61.4 Å². The number of aliphatic carboxylic acids is 1. The summed E-state index contributed by atoms with van der Waals surface area (Å²) in [4.78, 5) is 95.2. The number of piperazine rings is 1. The number of benzene rings is 2. The summed E-state index contributed by atoms with van der Waals surface area (Å²) in [5.41, 5.74) is 2.11. The number of hydrogen-bond donors (Lipinski definition) is 6. The van der Waals surface area contributed by atoms with Crippen molar-refractivity contribution in [3.05, 3.63) is 80.8 Å². The van der Waals surface area contributed by atoms with Crippen LogP contribution in [0.4, 0.5) is 0 Å². The third-order valence-electron chi connectivity index (χ3n) is 7.56. The maximum Gasteiger partial charge on any atom is 0.460 e. The van der Waals surface area contributed by atoms with E-state index in [1.54, 1.807) is 12.1 Å². The fraction of sp³-hybridized carbons (Fsp3) is 0.276. The Morgan fingerprint density at radius 1 is 0.854 bits per heavy atom. The van der Waals surface area contributed by atoms with Crippen molar-refractivity contribution < 1.29 is 38.1 Å². The van der Waals surface area contributed by atoms with Crippen LogP contribution in [-0.4, -0.2) is 96.5 Å². The average Bonchev–Trinajstić information content (AvgIpc) is 3.69. The van der Waals surface area contributed by atoms with Crippen LogP contribution in [0.15, 0.2) is 67.2 Å². The van der Waals surface area contributed by atoms with Gasteiger partial charge in [-0.15, -0.1) is 0 Å². The first-order valence-electron chi connectivity index (χ1n) is 14.2. The minimum atomic E-state index is -1.95. The number of carbonyl (C=O) groups is 5. The number of aromatic amines is 2. The van der Waals surface area contributed by atoms with E-state index in [0.717, 1.165) is 4.90 Å². The lowest BCUT2D eigenvalue weighted by Gasteiger charge is -2.47. The normalized spacial score (nSPS) is 16.2. The van der Waals surface area contributed by atoms with E-state index < -0.39 is 53.1 Å². The molecule has 1 aliphatic rings. The smallest absolute Gasteiger partial charge is 0.460 e. The van der Waals surface area contributed by atoms with Crippen molar-refractivity contribution >= 4 is 29.5 Å². The SMILES string of the molecule is CC(=O)[C@@]1(CCCNC(=O)c2ccc(-c3nc(=O)o[nH]3)cc2)C(=O)N(CC(=O)O)CCN1NC(=O)c1ccc(-c2nc(=O)o[nH]2)cc1.N. The molecule has 0 saturated carbocycles. The lowest BCUT2D eigenvalue weighted by Crippen LogP contribution is -2.73. The highest BCUT2D eigenvalue weighted by Crippen LogP contribution is 2.29. The zero-order chi connectivity index (χ0) is 33.7. The molecule has 0 aliphatic carbocycles. The Labute approximate surface area is 269 Å². The third kappa shape index (κ3) is 7.26. The Bertz CT molecular complexity index is 1930. The quantitative estimate of drug-likeness (QED) is 0.0854. The molecule has 2 aromatic carbocycles. The zero-order valence-electron chi connectivity index (χ0n) is 25.5. The van der Waals surface area contributed by atoms with Crippen LogP contribution in [-0.2, 0) is 14.4 Å². The van der Waals surface area contributed by atoms with Gasteiger partial charge in [-0.05, 0) is 44.0 Å². The molecule has 0 spiro atoms. The summed E-state index contributed by atoms with van der Waals surface area (Å²) < 4.78 is 9.11.